The van der Waals surface area contributed by atoms with E-state index in [9.17, 15) is 14.4 Å². The molecule has 0 saturated heterocycles. The van der Waals surface area contributed by atoms with Gasteiger partial charge in [0, 0.05) is 5.69 Å². The van der Waals surface area contributed by atoms with Gasteiger partial charge in [0.1, 0.15) is 0 Å². The monoisotopic (exact) mass is 249 g/mol. The van der Waals surface area contributed by atoms with Gasteiger partial charge in [-0.2, -0.15) is 0 Å². The van der Waals surface area contributed by atoms with Gasteiger partial charge in [-0.1, -0.05) is 0 Å². The normalized spacial score (nSPS) is 10.3. The summed E-state index contributed by atoms with van der Waals surface area (Å²) >= 11 is 0. The van der Waals surface area contributed by atoms with Crippen LogP contribution in [0.2, 0.25) is 0 Å². The molecule has 7 nitrogen and oxygen atoms in total. The van der Waals surface area contributed by atoms with Crippen LogP contribution in [0.1, 0.15) is 6.92 Å². The smallest absolute Gasteiger partial charge is 0.411 e. The molecule has 0 aliphatic carbocycles. The summed E-state index contributed by atoms with van der Waals surface area (Å²) in [5.41, 5.74) is -0.443. The molecule has 7 heteroatoms. The predicted molar refractivity (Wildman–Crippen MR) is 65.8 cm³/mol. The number of hydrogen-bond acceptors (Lipinski definition) is 4. The van der Waals surface area contributed by atoms with Crippen LogP contribution in [0.4, 0.5) is 10.5 Å². The summed E-state index contributed by atoms with van der Waals surface area (Å²) in [4.78, 5) is 34.2. The first-order valence-electron chi connectivity index (χ1n) is 5.30. The van der Waals surface area contributed by atoms with Crippen LogP contribution >= 0.6 is 0 Å². The van der Waals surface area contributed by atoms with Crippen LogP contribution in [-0.4, -0.2) is 22.9 Å². The van der Waals surface area contributed by atoms with Crippen molar-refractivity contribution >= 4 is 22.6 Å². The number of aromatic nitrogens is 2. The van der Waals surface area contributed by atoms with Gasteiger partial charge < -0.3 is 4.74 Å². The van der Waals surface area contributed by atoms with Gasteiger partial charge in [0.15, 0.2) is 0 Å². The van der Waals surface area contributed by atoms with Crippen molar-refractivity contribution in [3.8, 4) is 0 Å². The van der Waals surface area contributed by atoms with Crippen LogP contribution in [0.3, 0.4) is 0 Å². The maximum absolute atomic E-state index is 11.5. The maximum atomic E-state index is 11.5. The van der Waals surface area contributed by atoms with Crippen LogP contribution in [0.25, 0.3) is 10.8 Å². The minimum atomic E-state index is -0.613. The number of nitrogens with one attached hydrogen (secondary N) is 3. The summed E-state index contributed by atoms with van der Waals surface area (Å²) in [7, 11) is 0. The Bertz CT molecular complexity index is 701. The number of hydrogen-bond donors (Lipinski definition) is 3. The Balaban J connectivity index is 2.45. The molecule has 0 aliphatic heterocycles. The van der Waals surface area contributed by atoms with E-state index in [1.807, 2.05) is 0 Å². The van der Waals surface area contributed by atoms with Crippen LogP contribution in [0.5, 0.6) is 0 Å². The molecule has 2 rings (SSSR count). The summed E-state index contributed by atoms with van der Waals surface area (Å²) in [5, 5.41) is 7.34. The van der Waals surface area contributed by atoms with E-state index < -0.39 is 17.2 Å². The third-order valence-electron chi connectivity index (χ3n) is 2.32. The summed E-state index contributed by atoms with van der Waals surface area (Å²) in [6.45, 7) is 1.93. The zero-order valence-electron chi connectivity index (χ0n) is 9.57. The van der Waals surface area contributed by atoms with E-state index in [-0.39, 0.29) is 17.4 Å². The first kappa shape index (κ1) is 11.9. The fourth-order valence-corrected chi connectivity index (χ4v) is 1.54. The lowest BCUT2D eigenvalue weighted by atomic mass is 10.2. The lowest BCUT2D eigenvalue weighted by molar-refractivity contribution is 0.168. The van der Waals surface area contributed by atoms with Crippen molar-refractivity contribution in [2.75, 3.05) is 11.9 Å². The van der Waals surface area contributed by atoms with Crippen LogP contribution in [0, 0.1) is 0 Å². The van der Waals surface area contributed by atoms with Gasteiger partial charge in [-0.3, -0.25) is 25.1 Å². The SMILES string of the molecule is CCOC(=O)Nc1ccc2c(=O)[nH][nH]c(=O)c2c1. The topological polar surface area (TPSA) is 104 Å². The second-order valence-corrected chi connectivity index (χ2v) is 3.51. The second-order valence-electron chi connectivity index (χ2n) is 3.51. The fourth-order valence-electron chi connectivity index (χ4n) is 1.54. The Morgan fingerprint density at radius 1 is 1.22 bits per heavy atom. The van der Waals surface area contributed by atoms with Crippen LogP contribution in [-0.2, 0) is 4.74 Å². The number of benzene rings is 1. The molecule has 1 heterocycles. The molecular weight excluding hydrogens is 238 g/mol. The molecule has 1 amide bonds. The second kappa shape index (κ2) is 4.74. The van der Waals surface area contributed by atoms with E-state index in [2.05, 4.69) is 15.5 Å². The van der Waals surface area contributed by atoms with Gasteiger partial charge in [0.2, 0.25) is 0 Å². The molecule has 94 valence electrons. The highest BCUT2D eigenvalue weighted by Gasteiger charge is 2.06. The first-order valence-corrected chi connectivity index (χ1v) is 5.30. The number of aromatic amines is 2. The number of carbonyl (C=O) groups excluding carboxylic acids is 1. The van der Waals surface area contributed by atoms with Crippen LogP contribution in [0.15, 0.2) is 27.8 Å². The average Bonchev–Trinajstić information content (AvgIpc) is 2.34. The highest BCUT2D eigenvalue weighted by Crippen LogP contribution is 2.13. The molecule has 0 unspecified atom stereocenters. The molecule has 0 atom stereocenters. The molecule has 2 aromatic rings. The number of anilines is 1. The number of amides is 1. The Kier molecular flexibility index (Phi) is 3.13. The fraction of sp³-hybridized carbons (Fsp3) is 0.182. The largest absolute Gasteiger partial charge is 0.450 e. The summed E-state index contributed by atoms with van der Waals surface area (Å²) in [6.07, 6.45) is -0.613. The molecule has 0 bridgehead atoms. The third-order valence-corrected chi connectivity index (χ3v) is 2.32. The van der Waals surface area contributed by atoms with E-state index in [0.717, 1.165) is 0 Å². The van der Waals surface area contributed by atoms with E-state index in [4.69, 9.17) is 4.74 Å². The molecule has 0 saturated carbocycles. The van der Waals surface area contributed by atoms with E-state index >= 15 is 0 Å². The highest BCUT2D eigenvalue weighted by molar-refractivity contribution is 5.90. The van der Waals surface area contributed by atoms with E-state index in [1.165, 1.54) is 18.2 Å². The quantitative estimate of drug-likeness (QED) is 0.731. The summed E-state index contributed by atoms with van der Waals surface area (Å²) in [6, 6.07) is 4.40. The molecule has 1 aromatic heterocycles. The number of H-pyrrole nitrogens is 2. The zero-order chi connectivity index (χ0) is 13.1. The maximum Gasteiger partial charge on any atom is 0.411 e. The van der Waals surface area contributed by atoms with Crippen molar-refractivity contribution in [1.82, 2.24) is 10.2 Å². The molecule has 18 heavy (non-hydrogen) atoms. The van der Waals surface area contributed by atoms with Crippen molar-refractivity contribution < 1.29 is 9.53 Å². The van der Waals surface area contributed by atoms with Crippen molar-refractivity contribution in [3.63, 3.8) is 0 Å². The molecule has 0 fully saturated rings. The molecule has 1 aromatic carbocycles. The van der Waals surface area contributed by atoms with Crippen LogP contribution < -0.4 is 16.4 Å². The molecule has 3 N–H and O–H groups in total. The first-order chi connectivity index (χ1) is 8.61. The lowest BCUT2D eigenvalue weighted by Crippen LogP contribution is -2.19. The van der Waals surface area contributed by atoms with Gasteiger partial charge >= 0.3 is 6.09 Å². The van der Waals surface area contributed by atoms with E-state index in [0.29, 0.717) is 5.69 Å². The molecule has 0 aliphatic rings. The summed E-state index contributed by atoms with van der Waals surface area (Å²) < 4.78 is 4.71. The molecule has 0 spiro atoms. The van der Waals surface area contributed by atoms with Crippen molar-refractivity contribution in [2.24, 2.45) is 0 Å². The molecule has 0 radical (unpaired) electrons. The van der Waals surface area contributed by atoms with E-state index in [1.54, 1.807) is 6.92 Å². The Morgan fingerprint density at radius 3 is 2.56 bits per heavy atom. The molecular formula is C11H11N3O4. The van der Waals surface area contributed by atoms with Gasteiger partial charge in [-0.05, 0) is 25.1 Å². The number of ether oxygens (including phenoxy) is 1. The van der Waals surface area contributed by atoms with Gasteiger partial charge in [0.05, 0.1) is 17.4 Å². The summed E-state index contributed by atoms with van der Waals surface area (Å²) in [5.74, 6) is 0. The highest BCUT2D eigenvalue weighted by atomic mass is 16.5. The van der Waals surface area contributed by atoms with Gasteiger partial charge in [0.25, 0.3) is 11.1 Å². The minimum Gasteiger partial charge on any atom is -0.450 e. The third kappa shape index (κ3) is 2.24. The zero-order valence-corrected chi connectivity index (χ0v) is 9.57. The number of rotatable bonds is 2. The minimum absolute atomic E-state index is 0.202. The predicted octanol–water partition coefficient (Wildman–Crippen LogP) is 0.785. The van der Waals surface area contributed by atoms with Crippen molar-refractivity contribution in [1.29, 1.82) is 0 Å². The Morgan fingerprint density at radius 2 is 1.89 bits per heavy atom. The standard InChI is InChI=1S/C11H11N3O4/c1-2-18-11(17)12-6-3-4-7-8(5-6)10(16)14-13-9(7)15/h3-5H,2H2,1H3,(H,12,17)(H,13,15)(H,14,16). The Hall–Kier alpha value is -2.57. The average molecular weight is 249 g/mol. The van der Waals surface area contributed by atoms with Gasteiger partial charge in [-0.25, -0.2) is 4.79 Å². The van der Waals surface area contributed by atoms with Crippen molar-refractivity contribution in [2.45, 2.75) is 6.92 Å². The Labute approximate surface area is 101 Å². The number of fused-ring (bicyclic) bond motifs is 1. The lowest BCUT2D eigenvalue weighted by Gasteiger charge is -2.05. The number of carbonyl (C=O) groups is 1. The van der Waals surface area contributed by atoms with Crippen molar-refractivity contribution in [3.05, 3.63) is 38.9 Å². The van der Waals surface area contributed by atoms with Gasteiger partial charge in [-0.15, -0.1) is 0 Å².